The van der Waals surface area contributed by atoms with Crippen LogP contribution in [0.2, 0.25) is 0 Å². The quantitative estimate of drug-likeness (QED) is 0.542. The van der Waals surface area contributed by atoms with E-state index >= 15 is 0 Å². The van der Waals surface area contributed by atoms with E-state index in [-0.39, 0.29) is 17.5 Å². The molecule has 1 N–H and O–H groups in total. The number of carbonyl (C=O) groups excluding carboxylic acids is 2. The van der Waals surface area contributed by atoms with E-state index in [0.717, 1.165) is 11.8 Å². The highest BCUT2D eigenvalue weighted by Crippen LogP contribution is 2.11. The Balaban J connectivity index is 1.92. The van der Waals surface area contributed by atoms with E-state index in [4.69, 9.17) is 4.74 Å². The van der Waals surface area contributed by atoms with E-state index < -0.39 is 23.6 Å². The molecule has 27 heavy (non-hydrogen) atoms. The number of nitrogens with zero attached hydrogens (tertiary/aromatic N) is 2. The lowest BCUT2D eigenvalue weighted by molar-refractivity contribution is -0.464. The first-order chi connectivity index (χ1) is 13.0. The molecule has 0 spiro atoms. The number of ether oxygens (including phenoxy) is 1. The van der Waals surface area contributed by atoms with Gasteiger partial charge in [-0.05, 0) is 11.6 Å². The number of para-hydroxylation sites is 2. The van der Waals surface area contributed by atoms with Gasteiger partial charge in [0, 0.05) is 17.4 Å². The van der Waals surface area contributed by atoms with Crippen molar-refractivity contribution in [1.82, 2.24) is 10.0 Å². The van der Waals surface area contributed by atoms with Crippen LogP contribution in [-0.2, 0) is 16.0 Å². The molecule has 1 aromatic heterocycles. The lowest BCUT2D eigenvalue weighted by Crippen LogP contribution is -2.44. The third-order valence-electron chi connectivity index (χ3n) is 4.10. The van der Waals surface area contributed by atoms with Gasteiger partial charge in [0.25, 0.3) is 17.6 Å². The molecule has 0 fully saturated rings. The van der Waals surface area contributed by atoms with Crippen molar-refractivity contribution in [3.63, 3.8) is 0 Å². The molecule has 3 rings (SSSR count). The average molecular weight is 367 g/mol. The third kappa shape index (κ3) is 3.79. The van der Waals surface area contributed by atoms with Crippen LogP contribution in [0.5, 0.6) is 0 Å². The molecule has 1 atom stereocenters. The minimum atomic E-state index is -1.00. The lowest BCUT2D eigenvalue weighted by Gasteiger charge is -2.20. The molecule has 1 heterocycles. The average Bonchev–Trinajstić information content (AvgIpc) is 2.70. The monoisotopic (exact) mass is 367 g/mol. The SMILES string of the molecule is COC(=O)C(Cc1ccccc1)NC(=O)c1c[n+](=O)c2ccccc2n1[O-]. The molecule has 0 saturated carbocycles. The van der Waals surface area contributed by atoms with Crippen LogP contribution in [0, 0.1) is 10.1 Å². The maximum absolute atomic E-state index is 12.6. The van der Waals surface area contributed by atoms with Crippen molar-refractivity contribution < 1.29 is 18.8 Å². The van der Waals surface area contributed by atoms with Crippen LogP contribution in [0.25, 0.3) is 11.0 Å². The van der Waals surface area contributed by atoms with Gasteiger partial charge in [-0.25, -0.2) is 4.79 Å². The van der Waals surface area contributed by atoms with Gasteiger partial charge in [-0.15, -0.1) is 0 Å². The maximum atomic E-state index is 12.6. The number of rotatable bonds is 5. The van der Waals surface area contributed by atoms with Crippen LogP contribution in [0.4, 0.5) is 0 Å². The Hall–Kier alpha value is -3.68. The van der Waals surface area contributed by atoms with E-state index in [1.165, 1.54) is 19.2 Å². The second-order valence-corrected chi connectivity index (χ2v) is 5.86. The molecule has 3 aromatic rings. The summed E-state index contributed by atoms with van der Waals surface area (Å²) in [6.45, 7) is 0. The fourth-order valence-corrected chi connectivity index (χ4v) is 2.75. The third-order valence-corrected chi connectivity index (χ3v) is 4.10. The number of esters is 1. The number of methoxy groups -OCH3 is 1. The van der Waals surface area contributed by atoms with Gasteiger partial charge in [-0.1, -0.05) is 42.5 Å². The van der Waals surface area contributed by atoms with E-state index in [0.29, 0.717) is 9.16 Å². The molecule has 8 heteroatoms. The highest BCUT2D eigenvalue weighted by Gasteiger charge is 2.25. The summed E-state index contributed by atoms with van der Waals surface area (Å²) >= 11 is 0. The Kier molecular flexibility index (Phi) is 5.16. The highest BCUT2D eigenvalue weighted by atomic mass is 16.5. The van der Waals surface area contributed by atoms with Crippen molar-refractivity contribution in [2.45, 2.75) is 12.5 Å². The van der Waals surface area contributed by atoms with E-state index in [1.54, 1.807) is 36.4 Å². The smallest absolute Gasteiger partial charge is 0.328 e. The normalized spacial score (nSPS) is 11.7. The van der Waals surface area contributed by atoms with Crippen LogP contribution in [0.1, 0.15) is 16.1 Å². The van der Waals surface area contributed by atoms with E-state index in [9.17, 15) is 19.7 Å². The molecular formula is C19H17N3O5. The van der Waals surface area contributed by atoms with Crippen LogP contribution in [0.15, 0.2) is 60.8 Å². The zero-order valence-electron chi connectivity index (χ0n) is 14.5. The maximum Gasteiger partial charge on any atom is 0.328 e. The predicted molar refractivity (Wildman–Crippen MR) is 97.5 cm³/mol. The van der Waals surface area contributed by atoms with Gasteiger partial charge in [-0.2, -0.15) is 0 Å². The molecule has 138 valence electrons. The Bertz CT molecular complexity index is 1050. The number of fused-ring (bicyclic) bond motifs is 1. The molecule has 1 unspecified atom stereocenters. The number of hydrogen-bond donors (Lipinski definition) is 1. The second kappa shape index (κ2) is 7.69. The molecule has 2 aromatic carbocycles. The Morgan fingerprint density at radius 1 is 1.15 bits per heavy atom. The van der Waals surface area contributed by atoms with Gasteiger partial charge in [-0.3, -0.25) is 4.79 Å². The van der Waals surface area contributed by atoms with E-state index in [1.807, 2.05) is 6.07 Å². The number of nitrogens with one attached hydrogen (secondary N) is 1. The van der Waals surface area contributed by atoms with Gasteiger partial charge >= 0.3 is 5.97 Å². The lowest BCUT2D eigenvalue weighted by atomic mass is 10.1. The zero-order chi connectivity index (χ0) is 19.4. The molecular weight excluding hydrogens is 350 g/mol. The minimum Gasteiger partial charge on any atom is -0.805 e. The van der Waals surface area contributed by atoms with Gasteiger partial charge in [0.05, 0.1) is 11.5 Å². The number of benzene rings is 2. The fraction of sp³-hybridized carbons (Fsp3) is 0.158. The number of carbonyl (C=O) groups is 2. The summed E-state index contributed by atoms with van der Waals surface area (Å²) in [7, 11) is 1.21. The first-order valence-corrected chi connectivity index (χ1v) is 8.18. The van der Waals surface area contributed by atoms with Gasteiger partial charge < -0.3 is 20.0 Å². The zero-order valence-corrected chi connectivity index (χ0v) is 14.5. The molecule has 8 nitrogen and oxygen atoms in total. The Labute approximate surface area is 154 Å². The summed E-state index contributed by atoms with van der Waals surface area (Å²) in [6, 6.07) is 14.2. The summed E-state index contributed by atoms with van der Waals surface area (Å²) in [5.41, 5.74) is 0.585. The van der Waals surface area contributed by atoms with Crippen molar-refractivity contribution in [1.29, 1.82) is 0 Å². The standard InChI is InChI=1S/C19H17N3O5/c1-27-19(24)14(11-13-7-3-2-4-8-13)20-18(23)17-12-21(25)15-9-5-6-10-16(15)22(17)26/h2-10,12,14H,11H2,1H3,(H,20,23). The number of aromatic nitrogens is 2. The molecule has 0 bridgehead atoms. The number of hydrogen-bond acceptors (Lipinski definition) is 5. The fourth-order valence-electron chi connectivity index (χ4n) is 2.75. The van der Waals surface area contributed by atoms with Gasteiger partial charge in [0.15, 0.2) is 5.69 Å². The van der Waals surface area contributed by atoms with Gasteiger partial charge in [0.1, 0.15) is 11.6 Å². The summed E-state index contributed by atoms with van der Waals surface area (Å²) < 4.78 is 5.56. The highest BCUT2D eigenvalue weighted by molar-refractivity contribution is 5.96. The van der Waals surface area contributed by atoms with Crippen LogP contribution >= 0.6 is 0 Å². The van der Waals surface area contributed by atoms with Crippen molar-refractivity contribution in [2.75, 3.05) is 7.11 Å². The van der Waals surface area contributed by atoms with E-state index in [2.05, 4.69) is 5.32 Å². The summed E-state index contributed by atoms with van der Waals surface area (Å²) in [5, 5.41) is 15.0. The molecule has 1 amide bonds. The summed E-state index contributed by atoms with van der Waals surface area (Å²) in [5.74, 6) is -1.49. The summed E-state index contributed by atoms with van der Waals surface area (Å²) in [6.07, 6.45) is 1.07. The molecule has 0 saturated heterocycles. The van der Waals surface area contributed by atoms with Crippen LogP contribution < -0.4 is 9.74 Å². The summed E-state index contributed by atoms with van der Waals surface area (Å²) in [4.78, 5) is 36.8. The molecule has 0 radical (unpaired) electrons. The van der Waals surface area contributed by atoms with Crippen molar-refractivity contribution >= 4 is 22.9 Å². The van der Waals surface area contributed by atoms with Crippen molar-refractivity contribution in [3.05, 3.63) is 82.2 Å². The predicted octanol–water partition coefficient (Wildman–Crippen LogP) is 1.42. The second-order valence-electron chi connectivity index (χ2n) is 5.86. The Morgan fingerprint density at radius 3 is 2.52 bits per heavy atom. The largest absolute Gasteiger partial charge is 0.805 e. The topological polar surface area (TPSA) is 106 Å². The molecule has 0 aliphatic carbocycles. The number of amides is 1. The first-order valence-electron chi connectivity index (χ1n) is 8.18. The molecule has 0 aliphatic heterocycles. The molecule has 0 aliphatic rings. The van der Waals surface area contributed by atoms with Crippen LogP contribution in [0.3, 0.4) is 0 Å². The van der Waals surface area contributed by atoms with Crippen molar-refractivity contribution in [2.24, 2.45) is 0 Å². The van der Waals surface area contributed by atoms with Gasteiger partial charge in [0.2, 0.25) is 0 Å². The Morgan fingerprint density at radius 2 is 1.81 bits per heavy atom. The van der Waals surface area contributed by atoms with Crippen LogP contribution in [-0.4, -0.2) is 29.8 Å². The van der Waals surface area contributed by atoms with Crippen molar-refractivity contribution in [3.8, 4) is 0 Å². The minimum absolute atomic E-state index is 0.0535. The first kappa shape index (κ1) is 18.1.